The highest BCUT2D eigenvalue weighted by atomic mass is 35.5. The molecule has 138 valence electrons. The van der Waals surface area contributed by atoms with E-state index in [9.17, 15) is 0 Å². The van der Waals surface area contributed by atoms with Gasteiger partial charge >= 0.3 is 0 Å². The van der Waals surface area contributed by atoms with E-state index in [-0.39, 0.29) is 0 Å². The number of ether oxygens (including phenoxy) is 1. The summed E-state index contributed by atoms with van der Waals surface area (Å²) in [4.78, 5) is 0. The molecule has 0 spiro atoms. The SMILES string of the molecule is Clc1cccc(Cl)c1-c1noc(C2CC2)c1COC1CCC2CNCC21. The van der Waals surface area contributed by atoms with Crippen LogP contribution in [0.25, 0.3) is 11.3 Å². The molecule has 0 bridgehead atoms. The molecule has 6 heteroatoms. The number of hydrogen-bond acceptors (Lipinski definition) is 4. The normalized spacial score (nSPS) is 27.8. The zero-order valence-electron chi connectivity index (χ0n) is 14.5. The van der Waals surface area contributed by atoms with Gasteiger partial charge < -0.3 is 14.6 Å². The van der Waals surface area contributed by atoms with Crippen LogP contribution in [0.2, 0.25) is 10.0 Å². The van der Waals surface area contributed by atoms with E-state index in [1.807, 2.05) is 18.2 Å². The van der Waals surface area contributed by atoms with Crippen LogP contribution in [0.15, 0.2) is 22.7 Å². The van der Waals surface area contributed by atoms with Gasteiger partial charge in [0.2, 0.25) is 0 Å². The van der Waals surface area contributed by atoms with Gasteiger partial charge in [-0.25, -0.2) is 0 Å². The van der Waals surface area contributed by atoms with E-state index >= 15 is 0 Å². The first kappa shape index (κ1) is 17.1. The second kappa shape index (κ2) is 6.83. The molecule has 2 saturated carbocycles. The van der Waals surface area contributed by atoms with Gasteiger partial charge in [0.25, 0.3) is 0 Å². The Balaban J connectivity index is 1.44. The van der Waals surface area contributed by atoms with Crippen LogP contribution in [0.4, 0.5) is 0 Å². The van der Waals surface area contributed by atoms with Crippen molar-refractivity contribution in [1.29, 1.82) is 0 Å². The first-order valence-electron chi connectivity index (χ1n) is 9.47. The molecule has 3 aliphatic rings. The molecule has 5 rings (SSSR count). The van der Waals surface area contributed by atoms with Crippen molar-refractivity contribution in [1.82, 2.24) is 10.5 Å². The Morgan fingerprint density at radius 2 is 1.92 bits per heavy atom. The van der Waals surface area contributed by atoms with Gasteiger partial charge in [0.05, 0.1) is 22.8 Å². The summed E-state index contributed by atoms with van der Waals surface area (Å²) in [5.41, 5.74) is 2.51. The fourth-order valence-electron chi connectivity index (χ4n) is 4.54. The summed E-state index contributed by atoms with van der Waals surface area (Å²) in [6.45, 7) is 2.71. The van der Waals surface area contributed by atoms with Crippen LogP contribution in [0.1, 0.15) is 42.9 Å². The van der Waals surface area contributed by atoms with E-state index in [4.69, 9.17) is 32.5 Å². The second-order valence-electron chi connectivity index (χ2n) is 7.75. The van der Waals surface area contributed by atoms with Crippen molar-refractivity contribution in [3.8, 4) is 11.3 Å². The highest BCUT2D eigenvalue weighted by Crippen LogP contribution is 2.46. The van der Waals surface area contributed by atoms with Crippen molar-refractivity contribution in [2.45, 2.75) is 44.3 Å². The Morgan fingerprint density at radius 1 is 1.12 bits per heavy atom. The molecule has 3 fully saturated rings. The zero-order valence-corrected chi connectivity index (χ0v) is 16.0. The number of aromatic nitrogens is 1. The van der Waals surface area contributed by atoms with Crippen molar-refractivity contribution in [2.24, 2.45) is 11.8 Å². The molecule has 1 aromatic carbocycles. The lowest BCUT2D eigenvalue weighted by Gasteiger charge is -2.19. The van der Waals surface area contributed by atoms with Gasteiger partial charge in [0.1, 0.15) is 11.5 Å². The number of benzene rings is 1. The molecule has 3 atom stereocenters. The van der Waals surface area contributed by atoms with E-state index in [0.29, 0.717) is 34.6 Å². The molecule has 2 aromatic rings. The van der Waals surface area contributed by atoms with Crippen molar-refractivity contribution in [3.63, 3.8) is 0 Å². The van der Waals surface area contributed by atoms with Crippen LogP contribution in [0, 0.1) is 11.8 Å². The summed E-state index contributed by atoms with van der Waals surface area (Å²) in [5.74, 6) is 2.81. The van der Waals surface area contributed by atoms with Crippen LogP contribution >= 0.6 is 23.2 Å². The molecule has 26 heavy (non-hydrogen) atoms. The van der Waals surface area contributed by atoms with Crippen LogP contribution in [-0.4, -0.2) is 24.4 Å². The fraction of sp³-hybridized carbons (Fsp3) is 0.550. The molecular weight excluding hydrogens is 371 g/mol. The summed E-state index contributed by atoms with van der Waals surface area (Å²) >= 11 is 12.9. The van der Waals surface area contributed by atoms with Gasteiger partial charge in [-0.15, -0.1) is 0 Å². The lowest BCUT2D eigenvalue weighted by atomic mass is 9.99. The lowest BCUT2D eigenvalue weighted by molar-refractivity contribution is 0.0159. The molecule has 1 N–H and O–H groups in total. The number of hydrogen-bond donors (Lipinski definition) is 1. The number of fused-ring (bicyclic) bond motifs is 1. The van der Waals surface area contributed by atoms with Crippen LogP contribution < -0.4 is 5.32 Å². The molecule has 1 aliphatic heterocycles. The Bertz CT molecular complexity index is 798. The average Bonchev–Trinajstić information content (AvgIpc) is 3.04. The number of nitrogens with one attached hydrogen (secondary N) is 1. The zero-order chi connectivity index (χ0) is 17.7. The Kier molecular flexibility index (Phi) is 4.48. The third-order valence-corrected chi connectivity index (χ3v) is 6.73. The maximum absolute atomic E-state index is 6.43. The first-order valence-corrected chi connectivity index (χ1v) is 10.2. The van der Waals surface area contributed by atoms with Crippen LogP contribution in [0.5, 0.6) is 0 Å². The monoisotopic (exact) mass is 392 g/mol. The number of nitrogens with zero attached hydrogens (tertiary/aromatic N) is 1. The second-order valence-corrected chi connectivity index (χ2v) is 8.57. The minimum absolute atomic E-state index is 0.312. The minimum Gasteiger partial charge on any atom is -0.373 e. The first-order chi connectivity index (χ1) is 12.7. The van der Waals surface area contributed by atoms with Crippen LogP contribution in [0.3, 0.4) is 0 Å². The molecule has 4 nitrogen and oxygen atoms in total. The third kappa shape index (κ3) is 2.97. The Morgan fingerprint density at radius 3 is 2.69 bits per heavy atom. The minimum atomic E-state index is 0.312. The third-order valence-electron chi connectivity index (χ3n) is 6.10. The summed E-state index contributed by atoms with van der Waals surface area (Å²) in [6, 6.07) is 5.52. The largest absolute Gasteiger partial charge is 0.373 e. The van der Waals surface area contributed by atoms with Crippen molar-refractivity contribution < 1.29 is 9.26 Å². The lowest BCUT2D eigenvalue weighted by Crippen LogP contribution is -2.23. The van der Waals surface area contributed by atoms with Gasteiger partial charge in [0.15, 0.2) is 0 Å². The number of halogens is 2. The predicted molar refractivity (Wildman–Crippen MR) is 102 cm³/mol. The van der Waals surface area contributed by atoms with E-state index in [1.165, 1.54) is 6.42 Å². The van der Waals surface area contributed by atoms with E-state index in [1.54, 1.807) is 0 Å². The van der Waals surface area contributed by atoms with Crippen molar-refractivity contribution in [2.75, 3.05) is 13.1 Å². The molecule has 2 aliphatic carbocycles. The molecule has 3 unspecified atom stereocenters. The van der Waals surface area contributed by atoms with E-state index < -0.39 is 0 Å². The molecule has 0 amide bonds. The summed E-state index contributed by atoms with van der Waals surface area (Å²) < 4.78 is 12.1. The smallest absolute Gasteiger partial charge is 0.145 e. The maximum Gasteiger partial charge on any atom is 0.145 e. The Hall–Kier alpha value is -1.07. The molecule has 0 radical (unpaired) electrons. The average molecular weight is 393 g/mol. The van der Waals surface area contributed by atoms with Gasteiger partial charge in [0, 0.05) is 29.5 Å². The van der Waals surface area contributed by atoms with Crippen molar-refractivity contribution in [3.05, 3.63) is 39.6 Å². The standard InChI is InChI=1S/C20H22Cl2N2O2/c21-15-2-1-3-16(22)18(15)19-14(20(26-24-19)11-4-5-11)10-25-17-7-6-12-8-23-9-13(12)17/h1-3,11-13,17,23H,4-10H2. The predicted octanol–water partition coefficient (Wildman–Crippen LogP) is 5.04. The quantitative estimate of drug-likeness (QED) is 0.773. The fourth-order valence-corrected chi connectivity index (χ4v) is 5.12. The molecule has 2 heterocycles. The molecular formula is C20H22Cl2N2O2. The summed E-state index contributed by atoms with van der Waals surface area (Å²) in [7, 11) is 0. The van der Waals surface area contributed by atoms with Crippen molar-refractivity contribution >= 4 is 23.2 Å². The number of rotatable bonds is 5. The van der Waals surface area contributed by atoms with Gasteiger partial charge in [-0.05, 0) is 50.3 Å². The highest BCUT2D eigenvalue weighted by Gasteiger charge is 2.40. The Labute approximate surface area is 163 Å². The van der Waals surface area contributed by atoms with E-state index in [2.05, 4.69) is 10.5 Å². The summed E-state index contributed by atoms with van der Waals surface area (Å²) in [6.07, 6.45) is 5.01. The summed E-state index contributed by atoms with van der Waals surface area (Å²) in [5, 5.41) is 9.02. The highest BCUT2D eigenvalue weighted by molar-refractivity contribution is 6.39. The molecule has 1 saturated heterocycles. The van der Waals surface area contributed by atoms with Crippen LogP contribution in [-0.2, 0) is 11.3 Å². The van der Waals surface area contributed by atoms with Gasteiger partial charge in [-0.3, -0.25) is 0 Å². The topological polar surface area (TPSA) is 47.3 Å². The van der Waals surface area contributed by atoms with E-state index in [0.717, 1.165) is 60.9 Å². The maximum atomic E-state index is 6.43. The molecule has 1 aromatic heterocycles. The van der Waals surface area contributed by atoms with Gasteiger partial charge in [-0.2, -0.15) is 0 Å². The van der Waals surface area contributed by atoms with Gasteiger partial charge in [-0.1, -0.05) is 34.4 Å².